The van der Waals surface area contributed by atoms with Gasteiger partial charge in [0.25, 0.3) is 0 Å². The Morgan fingerprint density at radius 3 is 1.92 bits per heavy atom. The van der Waals surface area contributed by atoms with Crippen LogP contribution in [0.25, 0.3) is 0 Å². The van der Waals surface area contributed by atoms with Crippen molar-refractivity contribution < 1.29 is 28.6 Å². The van der Waals surface area contributed by atoms with E-state index in [1.54, 1.807) is 65.8 Å². The molecule has 0 aromatic heterocycles. The van der Waals surface area contributed by atoms with Crippen molar-refractivity contribution in [3.63, 3.8) is 0 Å². The number of hydrogen-bond donors (Lipinski definition) is 0. The molecule has 136 valence electrons. The van der Waals surface area contributed by atoms with Crippen LogP contribution in [0.2, 0.25) is 0 Å². The first-order valence-corrected chi connectivity index (χ1v) is 8.15. The summed E-state index contributed by atoms with van der Waals surface area (Å²) in [7, 11) is 0. The maximum absolute atomic E-state index is 12.7. The van der Waals surface area contributed by atoms with Crippen molar-refractivity contribution in [2.45, 2.75) is 58.8 Å². The lowest BCUT2D eigenvalue weighted by atomic mass is 9.94. The predicted molar refractivity (Wildman–Crippen MR) is 89.8 cm³/mol. The first kappa shape index (κ1) is 19.0. The van der Waals surface area contributed by atoms with Crippen LogP contribution in [0.1, 0.15) is 63.6 Å². The van der Waals surface area contributed by atoms with E-state index >= 15 is 0 Å². The third kappa shape index (κ3) is 4.59. The zero-order valence-corrected chi connectivity index (χ0v) is 15.4. The Kier molecular flexibility index (Phi) is 4.93. The molecule has 0 radical (unpaired) electrons. The van der Waals surface area contributed by atoms with Crippen molar-refractivity contribution in [2.24, 2.45) is 5.92 Å². The van der Waals surface area contributed by atoms with Gasteiger partial charge in [-0.1, -0.05) is 18.2 Å². The van der Waals surface area contributed by atoms with Gasteiger partial charge < -0.3 is 14.2 Å². The van der Waals surface area contributed by atoms with Gasteiger partial charge in [-0.3, -0.25) is 9.59 Å². The molecule has 0 aliphatic carbocycles. The summed E-state index contributed by atoms with van der Waals surface area (Å²) in [6.07, 6.45) is -1.06. The van der Waals surface area contributed by atoms with E-state index in [-0.39, 0.29) is 0 Å². The second-order valence-electron chi connectivity index (χ2n) is 7.96. The van der Waals surface area contributed by atoms with Crippen LogP contribution in [-0.2, 0) is 23.8 Å². The SMILES string of the molecule is CC(C)(C)OC(=O)C(C(=O)OC(C)(C)C)C1OC(=O)c2ccccc21. The van der Waals surface area contributed by atoms with E-state index in [2.05, 4.69) is 0 Å². The van der Waals surface area contributed by atoms with Crippen molar-refractivity contribution in [3.05, 3.63) is 35.4 Å². The minimum Gasteiger partial charge on any atom is -0.459 e. The van der Waals surface area contributed by atoms with Crippen molar-refractivity contribution in [1.82, 2.24) is 0 Å². The van der Waals surface area contributed by atoms with Gasteiger partial charge in [0.1, 0.15) is 11.2 Å². The Balaban J connectivity index is 2.40. The number of rotatable bonds is 3. The Morgan fingerprint density at radius 2 is 1.44 bits per heavy atom. The van der Waals surface area contributed by atoms with Crippen LogP contribution in [-0.4, -0.2) is 29.1 Å². The summed E-state index contributed by atoms with van der Waals surface area (Å²) in [5.41, 5.74) is -0.766. The first-order valence-electron chi connectivity index (χ1n) is 8.15. The predicted octanol–water partition coefficient (Wildman–Crippen LogP) is 3.20. The molecular weight excluding hydrogens is 324 g/mol. The van der Waals surface area contributed by atoms with E-state index in [4.69, 9.17) is 14.2 Å². The molecule has 0 bridgehead atoms. The molecule has 6 heteroatoms. The van der Waals surface area contributed by atoms with E-state index in [1.165, 1.54) is 0 Å². The quantitative estimate of drug-likeness (QED) is 0.474. The number of cyclic esters (lactones) is 1. The summed E-state index contributed by atoms with van der Waals surface area (Å²) in [4.78, 5) is 37.4. The van der Waals surface area contributed by atoms with E-state index < -0.39 is 41.1 Å². The fourth-order valence-corrected chi connectivity index (χ4v) is 2.49. The largest absolute Gasteiger partial charge is 0.459 e. The summed E-state index contributed by atoms with van der Waals surface area (Å²) in [6, 6.07) is 6.67. The van der Waals surface area contributed by atoms with Crippen LogP contribution in [0.5, 0.6) is 0 Å². The molecule has 1 aromatic rings. The van der Waals surface area contributed by atoms with Gasteiger partial charge in [-0.15, -0.1) is 0 Å². The van der Waals surface area contributed by atoms with Gasteiger partial charge in [-0.2, -0.15) is 0 Å². The van der Waals surface area contributed by atoms with Crippen molar-refractivity contribution in [2.75, 3.05) is 0 Å². The standard InChI is InChI=1S/C19H24O6/c1-18(2,3)24-16(21)13(17(22)25-19(4,5)6)14-11-9-7-8-10-12(11)15(20)23-14/h7-10,13-14H,1-6H3. The zero-order valence-electron chi connectivity index (χ0n) is 15.4. The first-order chi connectivity index (χ1) is 11.4. The van der Waals surface area contributed by atoms with Gasteiger partial charge in [-0.05, 0) is 47.6 Å². The monoisotopic (exact) mass is 348 g/mol. The summed E-state index contributed by atoms with van der Waals surface area (Å²) < 4.78 is 16.1. The molecule has 0 spiro atoms. The molecule has 6 nitrogen and oxygen atoms in total. The Labute approximate surface area is 147 Å². The zero-order chi connectivity index (χ0) is 19.0. The third-order valence-corrected chi connectivity index (χ3v) is 3.35. The summed E-state index contributed by atoms with van der Waals surface area (Å²) in [5, 5.41) is 0. The minimum absolute atomic E-state index is 0.338. The van der Waals surface area contributed by atoms with Crippen molar-refractivity contribution >= 4 is 17.9 Å². The van der Waals surface area contributed by atoms with Crippen LogP contribution in [0, 0.1) is 5.92 Å². The normalized spacial score (nSPS) is 17.1. The minimum atomic E-state index is -1.38. The van der Waals surface area contributed by atoms with Crippen LogP contribution >= 0.6 is 0 Å². The molecule has 0 saturated carbocycles. The summed E-state index contributed by atoms with van der Waals surface area (Å²) in [6.45, 7) is 10.2. The van der Waals surface area contributed by atoms with Crippen molar-refractivity contribution in [3.8, 4) is 0 Å². The molecule has 1 aliphatic rings. The topological polar surface area (TPSA) is 78.9 Å². The molecule has 0 N–H and O–H groups in total. The molecule has 25 heavy (non-hydrogen) atoms. The highest BCUT2D eigenvalue weighted by molar-refractivity contribution is 6.00. The lowest BCUT2D eigenvalue weighted by Crippen LogP contribution is -2.40. The molecule has 0 fully saturated rings. The van der Waals surface area contributed by atoms with Crippen LogP contribution in [0.3, 0.4) is 0 Å². The maximum Gasteiger partial charge on any atom is 0.339 e. The van der Waals surface area contributed by atoms with Gasteiger partial charge in [0, 0.05) is 5.56 Å². The number of carbonyl (C=O) groups is 3. The number of ether oxygens (including phenoxy) is 3. The molecule has 1 heterocycles. The molecule has 0 saturated heterocycles. The van der Waals surface area contributed by atoms with E-state index in [1.807, 2.05) is 0 Å². The fourth-order valence-electron chi connectivity index (χ4n) is 2.49. The number of esters is 3. The van der Waals surface area contributed by atoms with Crippen LogP contribution in [0.4, 0.5) is 0 Å². The van der Waals surface area contributed by atoms with Crippen LogP contribution in [0.15, 0.2) is 24.3 Å². The highest BCUT2D eigenvalue weighted by Gasteiger charge is 2.47. The number of hydrogen-bond acceptors (Lipinski definition) is 6. The summed E-state index contributed by atoms with van der Waals surface area (Å²) in [5.74, 6) is -3.52. The highest BCUT2D eigenvalue weighted by atomic mass is 16.6. The third-order valence-electron chi connectivity index (χ3n) is 3.35. The molecule has 1 atom stereocenters. The van der Waals surface area contributed by atoms with Gasteiger partial charge >= 0.3 is 17.9 Å². The second kappa shape index (κ2) is 6.50. The smallest absolute Gasteiger partial charge is 0.339 e. The van der Waals surface area contributed by atoms with Gasteiger partial charge in [0.05, 0.1) is 5.56 Å². The van der Waals surface area contributed by atoms with Gasteiger partial charge in [0.15, 0.2) is 12.0 Å². The number of benzene rings is 1. The van der Waals surface area contributed by atoms with E-state index in [0.29, 0.717) is 11.1 Å². The Bertz CT molecular complexity index is 665. The average Bonchev–Trinajstić information content (AvgIpc) is 2.73. The Morgan fingerprint density at radius 1 is 0.960 bits per heavy atom. The lowest BCUT2D eigenvalue weighted by molar-refractivity contribution is -0.179. The summed E-state index contributed by atoms with van der Waals surface area (Å²) >= 11 is 0. The van der Waals surface area contributed by atoms with Gasteiger partial charge in [0.2, 0.25) is 0 Å². The number of carbonyl (C=O) groups excluding carboxylic acids is 3. The molecular formula is C19H24O6. The molecule has 1 unspecified atom stereocenters. The molecule has 0 amide bonds. The number of fused-ring (bicyclic) bond motifs is 1. The van der Waals surface area contributed by atoms with Crippen molar-refractivity contribution in [1.29, 1.82) is 0 Å². The van der Waals surface area contributed by atoms with Gasteiger partial charge in [-0.25, -0.2) is 4.79 Å². The molecule has 2 rings (SSSR count). The van der Waals surface area contributed by atoms with E-state index in [9.17, 15) is 14.4 Å². The fraction of sp³-hybridized carbons (Fsp3) is 0.526. The maximum atomic E-state index is 12.7. The van der Waals surface area contributed by atoms with Crippen LogP contribution < -0.4 is 0 Å². The highest BCUT2D eigenvalue weighted by Crippen LogP contribution is 2.38. The average molecular weight is 348 g/mol. The second-order valence-corrected chi connectivity index (χ2v) is 7.96. The molecule has 1 aromatic carbocycles. The van der Waals surface area contributed by atoms with E-state index in [0.717, 1.165) is 0 Å². The lowest BCUT2D eigenvalue weighted by Gasteiger charge is -2.28. The molecule has 1 aliphatic heterocycles. The Hall–Kier alpha value is -2.37.